The molecule has 1 atom stereocenters. The maximum Gasteiger partial charge on any atom is 0.241 e. The van der Waals surface area contributed by atoms with E-state index >= 15 is 0 Å². The summed E-state index contributed by atoms with van der Waals surface area (Å²) in [5, 5.41) is 0. The van der Waals surface area contributed by atoms with Crippen molar-refractivity contribution in [1.82, 2.24) is 4.72 Å². The molecule has 1 aliphatic rings. The average Bonchev–Trinajstić information content (AvgIpc) is 2.99. The first kappa shape index (κ1) is 20.9. The summed E-state index contributed by atoms with van der Waals surface area (Å²) >= 11 is 3.35. The van der Waals surface area contributed by atoms with Crippen molar-refractivity contribution in [2.45, 2.75) is 23.8 Å². The van der Waals surface area contributed by atoms with Crippen molar-refractivity contribution in [2.24, 2.45) is 0 Å². The number of sulfonamides is 1. The molecule has 0 fully saturated rings. The lowest BCUT2D eigenvalue weighted by Crippen LogP contribution is -2.30. The van der Waals surface area contributed by atoms with Gasteiger partial charge >= 0.3 is 0 Å². The van der Waals surface area contributed by atoms with Crippen molar-refractivity contribution in [2.75, 3.05) is 13.2 Å². The Balaban J connectivity index is 1.69. The second kappa shape index (κ2) is 9.20. The molecule has 0 aliphatic carbocycles. The third-order valence-corrected chi connectivity index (χ3v) is 6.82. The summed E-state index contributed by atoms with van der Waals surface area (Å²) < 4.78 is 41.3. The molecule has 30 heavy (non-hydrogen) atoms. The zero-order valence-electron chi connectivity index (χ0n) is 16.3. The molecule has 0 spiro atoms. The highest BCUT2D eigenvalue weighted by Crippen LogP contribution is 2.34. The fraction of sp³-hybridized carbons (Fsp3) is 0.217. The standard InChI is InChI=1S/C23H22BrNO4S/c24-19-8-4-9-20(16-19)30(26,27)25-21(14-17-6-2-1-3-7-17)18-10-11-22-23(15-18)29-13-5-12-28-22/h1-4,6-11,15-16,21,25H,5,12-14H2. The SMILES string of the molecule is O=S(=O)(NC(Cc1ccccc1)c1ccc2c(c1)OCCCO2)c1cccc(Br)c1. The van der Waals surface area contributed by atoms with Gasteiger partial charge in [0, 0.05) is 10.9 Å². The smallest absolute Gasteiger partial charge is 0.241 e. The molecule has 0 aromatic heterocycles. The number of nitrogens with one attached hydrogen (secondary N) is 1. The Kier molecular flexibility index (Phi) is 6.41. The molecule has 1 N–H and O–H groups in total. The second-order valence-electron chi connectivity index (χ2n) is 7.08. The first-order chi connectivity index (χ1) is 14.5. The highest BCUT2D eigenvalue weighted by atomic mass is 79.9. The summed E-state index contributed by atoms with van der Waals surface area (Å²) in [7, 11) is -3.73. The van der Waals surface area contributed by atoms with Crippen molar-refractivity contribution < 1.29 is 17.9 Å². The minimum absolute atomic E-state index is 0.212. The van der Waals surface area contributed by atoms with Crippen molar-refractivity contribution in [3.05, 3.63) is 88.4 Å². The number of hydrogen-bond acceptors (Lipinski definition) is 4. The van der Waals surface area contributed by atoms with E-state index in [4.69, 9.17) is 9.47 Å². The number of benzene rings is 3. The van der Waals surface area contributed by atoms with Gasteiger partial charge in [-0.2, -0.15) is 0 Å². The van der Waals surface area contributed by atoms with Crippen LogP contribution in [0.3, 0.4) is 0 Å². The first-order valence-electron chi connectivity index (χ1n) is 9.73. The van der Waals surface area contributed by atoms with Gasteiger partial charge in [-0.05, 0) is 47.9 Å². The zero-order chi connectivity index (χ0) is 21.0. The van der Waals surface area contributed by atoms with Crippen LogP contribution in [0.2, 0.25) is 0 Å². The lowest BCUT2D eigenvalue weighted by Gasteiger charge is -2.21. The molecule has 4 rings (SSSR count). The molecule has 3 aromatic rings. The quantitative estimate of drug-likeness (QED) is 0.538. The topological polar surface area (TPSA) is 64.6 Å². The van der Waals surface area contributed by atoms with Gasteiger partial charge in [0.1, 0.15) is 0 Å². The van der Waals surface area contributed by atoms with Crippen LogP contribution in [-0.4, -0.2) is 21.6 Å². The van der Waals surface area contributed by atoms with E-state index in [-0.39, 0.29) is 4.90 Å². The monoisotopic (exact) mass is 487 g/mol. The van der Waals surface area contributed by atoms with Crippen molar-refractivity contribution >= 4 is 26.0 Å². The Labute approximate surface area is 185 Å². The third-order valence-electron chi connectivity index (χ3n) is 4.86. The van der Waals surface area contributed by atoms with Gasteiger partial charge in [-0.3, -0.25) is 0 Å². The Hall–Kier alpha value is -2.35. The van der Waals surface area contributed by atoms with Gasteiger partial charge in [-0.25, -0.2) is 13.1 Å². The molecule has 1 unspecified atom stereocenters. The lowest BCUT2D eigenvalue weighted by atomic mass is 9.99. The van der Waals surface area contributed by atoms with Crippen LogP contribution in [0.4, 0.5) is 0 Å². The number of ether oxygens (including phenoxy) is 2. The maximum atomic E-state index is 13.1. The van der Waals surface area contributed by atoms with E-state index in [1.54, 1.807) is 24.3 Å². The Morgan fingerprint density at radius 2 is 1.67 bits per heavy atom. The Bertz CT molecular complexity index is 1120. The zero-order valence-corrected chi connectivity index (χ0v) is 18.7. The summed E-state index contributed by atoms with van der Waals surface area (Å²) in [4.78, 5) is 0.212. The van der Waals surface area contributed by atoms with Crippen LogP contribution >= 0.6 is 15.9 Å². The van der Waals surface area contributed by atoms with E-state index < -0.39 is 16.1 Å². The van der Waals surface area contributed by atoms with Gasteiger partial charge < -0.3 is 9.47 Å². The maximum absolute atomic E-state index is 13.1. The first-order valence-corrected chi connectivity index (χ1v) is 12.0. The molecule has 7 heteroatoms. The van der Waals surface area contributed by atoms with Gasteiger partial charge in [0.2, 0.25) is 10.0 Å². The number of fused-ring (bicyclic) bond motifs is 1. The van der Waals surface area contributed by atoms with Gasteiger partial charge in [-0.15, -0.1) is 0 Å². The fourth-order valence-corrected chi connectivity index (χ4v) is 5.18. The molecule has 0 saturated heterocycles. The molecule has 0 saturated carbocycles. The van der Waals surface area contributed by atoms with Gasteiger partial charge in [0.05, 0.1) is 24.2 Å². The Morgan fingerprint density at radius 3 is 2.43 bits per heavy atom. The van der Waals surface area contributed by atoms with Crippen LogP contribution in [0.1, 0.15) is 23.6 Å². The summed E-state index contributed by atoms with van der Waals surface area (Å²) in [6.07, 6.45) is 1.32. The predicted molar refractivity (Wildman–Crippen MR) is 119 cm³/mol. The lowest BCUT2D eigenvalue weighted by molar-refractivity contribution is 0.297. The summed E-state index contributed by atoms with van der Waals surface area (Å²) in [5.41, 5.74) is 1.85. The third kappa shape index (κ3) is 5.03. The van der Waals surface area contributed by atoms with E-state index in [0.29, 0.717) is 35.6 Å². The van der Waals surface area contributed by atoms with Crippen molar-refractivity contribution in [3.8, 4) is 11.5 Å². The molecular formula is C23H22BrNO4S. The predicted octanol–water partition coefficient (Wildman–Crippen LogP) is 4.87. The molecule has 5 nitrogen and oxygen atoms in total. The molecule has 1 heterocycles. The molecule has 0 amide bonds. The fourth-order valence-electron chi connectivity index (χ4n) is 3.36. The highest BCUT2D eigenvalue weighted by Gasteiger charge is 2.24. The van der Waals surface area contributed by atoms with Gasteiger partial charge in [0.15, 0.2) is 11.5 Å². The second-order valence-corrected chi connectivity index (χ2v) is 9.71. The molecule has 156 valence electrons. The highest BCUT2D eigenvalue weighted by molar-refractivity contribution is 9.10. The van der Waals surface area contributed by atoms with Crippen LogP contribution < -0.4 is 14.2 Å². The Morgan fingerprint density at radius 1 is 0.900 bits per heavy atom. The van der Waals surface area contributed by atoms with Crippen LogP contribution in [0.25, 0.3) is 0 Å². The van der Waals surface area contributed by atoms with E-state index in [0.717, 1.165) is 17.5 Å². The molecule has 0 bridgehead atoms. The summed E-state index contributed by atoms with van der Waals surface area (Å²) in [5.74, 6) is 1.33. The summed E-state index contributed by atoms with van der Waals surface area (Å²) in [6, 6.07) is 21.6. The molecule has 1 aliphatic heterocycles. The number of halogens is 1. The number of hydrogen-bond donors (Lipinski definition) is 1. The molecule has 3 aromatic carbocycles. The van der Waals surface area contributed by atoms with E-state index in [1.807, 2.05) is 48.5 Å². The minimum atomic E-state index is -3.73. The number of rotatable bonds is 6. The van der Waals surface area contributed by atoms with E-state index in [2.05, 4.69) is 20.7 Å². The normalized spacial score (nSPS) is 14.7. The van der Waals surface area contributed by atoms with E-state index in [1.165, 1.54) is 0 Å². The van der Waals surface area contributed by atoms with E-state index in [9.17, 15) is 8.42 Å². The van der Waals surface area contributed by atoms with Gasteiger partial charge in [0.25, 0.3) is 0 Å². The van der Waals surface area contributed by atoms with Crippen molar-refractivity contribution in [3.63, 3.8) is 0 Å². The minimum Gasteiger partial charge on any atom is -0.490 e. The molecule has 0 radical (unpaired) electrons. The van der Waals surface area contributed by atoms with Crippen LogP contribution in [0, 0.1) is 0 Å². The average molecular weight is 488 g/mol. The van der Waals surface area contributed by atoms with Gasteiger partial charge in [-0.1, -0.05) is 58.4 Å². The van der Waals surface area contributed by atoms with Crippen LogP contribution in [0.5, 0.6) is 11.5 Å². The largest absolute Gasteiger partial charge is 0.490 e. The molecular weight excluding hydrogens is 466 g/mol. The van der Waals surface area contributed by atoms with Crippen LogP contribution in [0.15, 0.2) is 82.2 Å². The van der Waals surface area contributed by atoms with Crippen LogP contribution in [-0.2, 0) is 16.4 Å². The summed E-state index contributed by atoms with van der Waals surface area (Å²) in [6.45, 7) is 1.18. The van der Waals surface area contributed by atoms with Crippen molar-refractivity contribution in [1.29, 1.82) is 0 Å².